The molecule has 0 saturated heterocycles. The van der Waals surface area contributed by atoms with Crippen LogP contribution in [-0.4, -0.2) is 29.8 Å². The summed E-state index contributed by atoms with van der Waals surface area (Å²) >= 11 is 0. The lowest BCUT2D eigenvalue weighted by Crippen LogP contribution is -2.43. The monoisotopic (exact) mass is 262 g/mol. The predicted molar refractivity (Wildman–Crippen MR) is 58.4 cm³/mol. The van der Waals surface area contributed by atoms with Crippen molar-refractivity contribution in [3.05, 3.63) is 35.9 Å². The Kier molecular flexibility index (Phi) is 4.69. The van der Waals surface area contributed by atoms with Crippen LogP contribution < -0.4 is 11.1 Å². The molecule has 4 N–H and O–H groups in total. The van der Waals surface area contributed by atoms with Gasteiger partial charge in [-0.2, -0.15) is 13.2 Å². The van der Waals surface area contributed by atoms with E-state index in [-0.39, 0.29) is 0 Å². The zero-order chi connectivity index (χ0) is 13.8. The normalized spacial score (nSPS) is 14.9. The van der Waals surface area contributed by atoms with Crippen LogP contribution in [0.4, 0.5) is 13.2 Å². The molecule has 0 aromatic heterocycles. The summed E-state index contributed by atoms with van der Waals surface area (Å²) in [6, 6.07) is 7.16. The fourth-order valence-corrected chi connectivity index (χ4v) is 1.23. The topological polar surface area (TPSA) is 75.4 Å². The number of carbonyl (C=O) groups is 1. The molecule has 1 amide bonds. The molecule has 0 aliphatic carbocycles. The van der Waals surface area contributed by atoms with Crippen molar-refractivity contribution in [2.45, 2.75) is 18.3 Å². The van der Waals surface area contributed by atoms with Gasteiger partial charge in [-0.1, -0.05) is 30.3 Å². The van der Waals surface area contributed by atoms with Crippen LogP contribution in [0.15, 0.2) is 30.3 Å². The van der Waals surface area contributed by atoms with Crippen molar-refractivity contribution in [2.24, 2.45) is 5.73 Å². The third-order valence-electron chi connectivity index (χ3n) is 2.29. The first-order valence-electron chi connectivity index (χ1n) is 5.15. The molecule has 0 aliphatic rings. The average Bonchev–Trinajstić information content (AvgIpc) is 2.34. The number of nitrogens with one attached hydrogen (secondary N) is 1. The molecule has 1 unspecified atom stereocenters. The Labute approximate surface area is 102 Å². The Bertz CT molecular complexity index is 395. The number of hydrogen-bond donors (Lipinski definition) is 3. The van der Waals surface area contributed by atoms with Gasteiger partial charge in [-0.25, -0.2) is 0 Å². The quantitative estimate of drug-likeness (QED) is 0.748. The molecular weight excluding hydrogens is 249 g/mol. The summed E-state index contributed by atoms with van der Waals surface area (Å²) in [5.74, 6) is -0.774. The van der Waals surface area contributed by atoms with Crippen molar-refractivity contribution in [1.29, 1.82) is 0 Å². The highest BCUT2D eigenvalue weighted by Gasteiger charge is 2.38. The molecule has 100 valence electrons. The van der Waals surface area contributed by atoms with E-state index in [4.69, 9.17) is 10.8 Å². The highest BCUT2D eigenvalue weighted by atomic mass is 19.4. The van der Waals surface area contributed by atoms with Crippen LogP contribution >= 0.6 is 0 Å². The van der Waals surface area contributed by atoms with E-state index < -0.39 is 30.8 Å². The number of rotatable bonds is 4. The minimum Gasteiger partial charge on any atom is -0.382 e. The fourth-order valence-electron chi connectivity index (χ4n) is 1.23. The van der Waals surface area contributed by atoms with Crippen molar-refractivity contribution >= 4 is 5.91 Å². The molecule has 0 heterocycles. The van der Waals surface area contributed by atoms with Crippen molar-refractivity contribution in [1.82, 2.24) is 5.32 Å². The maximum Gasteiger partial charge on any atom is 0.416 e. The molecule has 0 saturated carbocycles. The van der Waals surface area contributed by atoms with Crippen molar-refractivity contribution < 1.29 is 23.1 Å². The van der Waals surface area contributed by atoms with Gasteiger partial charge in [0.25, 0.3) is 0 Å². The number of halogens is 3. The lowest BCUT2D eigenvalue weighted by Gasteiger charge is -2.17. The minimum absolute atomic E-state index is 0.483. The summed E-state index contributed by atoms with van der Waals surface area (Å²) in [6.45, 7) is -0.914. The zero-order valence-electron chi connectivity index (χ0n) is 9.32. The number of alkyl halides is 3. The highest BCUT2D eigenvalue weighted by molar-refractivity contribution is 5.82. The number of aliphatic hydroxyl groups is 1. The lowest BCUT2D eigenvalue weighted by atomic mass is 10.1. The standard InChI is InChI=1S/C11H13F3N2O2/c12-11(13,14)8(17)6-16-10(18)9(15)7-4-2-1-3-5-7/h1-5,8-9,17H,6,15H2,(H,16,18)/t8?,9-/m1/s1. The van der Waals surface area contributed by atoms with Crippen molar-refractivity contribution in [3.63, 3.8) is 0 Å². The minimum atomic E-state index is -4.76. The van der Waals surface area contributed by atoms with Gasteiger partial charge >= 0.3 is 6.18 Å². The van der Waals surface area contributed by atoms with E-state index in [1.54, 1.807) is 30.3 Å². The van der Waals surface area contributed by atoms with Crippen molar-refractivity contribution in [3.8, 4) is 0 Å². The molecule has 0 aliphatic heterocycles. The Morgan fingerprint density at radius 1 is 1.33 bits per heavy atom. The molecule has 0 fully saturated rings. The van der Waals surface area contributed by atoms with E-state index in [1.807, 2.05) is 5.32 Å². The van der Waals surface area contributed by atoms with Gasteiger partial charge in [-0.3, -0.25) is 4.79 Å². The van der Waals surface area contributed by atoms with E-state index in [1.165, 1.54) is 0 Å². The van der Waals surface area contributed by atoms with E-state index >= 15 is 0 Å². The lowest BCUT2D eigenvalue weighted by molar-refractivity contribution is -0.201. The second-order valence-electron chi connectivity index (χ2n) is 3.69. The van der Waals surface area contributed by atoms with Gasteiger partial charge in [0, 0.05) is 0 Å². The van der Waals surface area contributed by atoms with Gasteiger partial charge in [0.05, 0.1) is 6.54 Å². The smallest absolute Gasteiger partial charge is 0.382 e. The van der Waals surface area contributed by atoms with Crippen LogP contribution in [0.25, 0.3) is 0 Å². The molecule has 1 rings (SSSR count). The van der Waals surface area contributed by atoms with E-state index in [2.05, 4.69) is 0 Å². The van der Waals surface area contributed by atoms with Gasteiger partial charge in [0.15, 0.2) is 6.10 Å². The van der Waals surface area contributed by atoms with Gasteiger partial charge < -0.3 is 16.2 Å². The van der Waals surface area contributed by atoms with E-state index in [0.717, 1.165) is 0 Å². The summed E-state index contributed by atoms with van der Waals surface area (Å²) in [6.07, 6.45) is -7.35. The van der Waals surface area contributed by atoms with Crippen LogP contribution in [0.2, 0.25) is 0 Å². The van der Waals surface area contributed by atoms with Crippen molar-refractivity contribution in [2.75, 3.05) is 6.54 Å². The number of carbonyl (C=O) groups excluding carboxylic acids is 1. The SMILES string of the molecule is N[C@@H](C(=O)NCC(O)C(F)(F)F)c1ccccc1. The van der Waals surface area contributed by atoms with Crippen LogP contribution in [0.1, 0.15) is 11.6 Å². The molecular formula is C11H13F3N2O2. The summed E-state index contributed by atoms with van der Waals surface area (Å²) < 4.78 is 36.0. The Balaban J connectivity index is 2.52. The summed E-state index contributed by atoms with van der Waals surface area (Å²) in [5.41, 5.74) is 6.04. The maximum atomic E-state index is 12.0. The summed E-state index contributed by atoms with van der Waals surface area (Å²) in [5, 5.41) is 10.7. The highest BCUT2D eigenvalue weighted by Crippen LogP contribution is 2.19. The summed E-state index contributed by atoms with van der Waals surface area (Å²) in [4.78, 5) is 11.5. The largest absolute Gasteiger partial charge is 0.416 e. The Hall–Kier alpha value is -1.60. The second kappa shape index (κ2) is 5.83. The van der Waals surface area contributed by atoms with Crippen LogP contribution in [0.5, 0.6) is 0 Å². The number of benzene rings is 1. The summed E-state index contributed by atoms with van der Waals surface area (Å²) in [7, 11) is 0. The molecule has 0 bridgehead atoms. The first-order valence-corrected chi connectivity index (χ1v) is 5.15. The number of nitrogens with two attached hydrogens (primary N) is 1. The molecule has 7 heteroatoms. The Morgan fingerprint density at radius 3 is 2.39 bits per heavy atom. The van der Waals surface area contributed by atoms with Gasteiger partial charge in [0.1, 0.15) is 6.04 Å². The van der Waals surface area contributed by atoms with Crippen LogP contribution in [0, 0.1) is 0 Å². The predicted octanol–water partition coefficient (Wildman–Crippen LogP) is 0.726. The van der Waals surface area contributed by atoms with Crippen LogP contribution in [-0.2, 0) is 4.79 Å². The fraction of sp³-hybridized carbons (Fsp3) is 0.364. The van der Waals surface area contributed by atoms with Gasteiger partial charge in [-0.05, 0) is 5.56 Å². The third-order valence-corrected chi connectivity index (χ3v) is 2.29. The zero-order valence-corrected chi connectivity index (χ0v) is 9.32. The number of aliphatic hydroxyl groups excluding tert-OH is 1. The maximum absolute atomic E-state index is 12.0. The molecule has 2 atom stereocenters. The van der Waals surface area contributed by atoms with E-state index in [0.29, 0.717) is 5.56 Å². The molecule has 4 nitrogen and oxygen atoms in total. The molecule has 18 heavy (non-hydrogen) atoms. The van der Waals surface area contributed by atoms with Crippen LogP contribution in [0.3, 0.4) is 0 Å². The second-order valence-corrected chi connectivity index (χ2v) is 3.69. The van der Waals surface area contributed by atoms with Gasteiger partial charge in [0.2, 0.25) is 5.91 Å². The first kappa shape index (κ1) is 14.5. The van der Waals surface area contributed by atoms with Gasteiger partial charge in [-0.15, -0.1) is 0 Å². The first-order chi connectivity index (χ1) is 8.32. The average molecular weight is 262 g/mol. The number of amides is 1. The molecule has 0 radical (unpaired) electrons. The van der Waals surface area contributed by atoms with E-state index in [9.17, 15) is 18.0 Å². The molecule has 0 spiro atoms. The third kappa shape index (κ3) is 4.01. The molecule has 1 aromatic rings. The Morgan fingerprint density at radius 2 is 1.89 bits per heavy atom. The molecule has 1 aromatic carbocycles. The number of hydrogen-bond acceptors (Lipinski definition) is 3.